The van der Waals surface area contributed by atoms with Gasteiger partial charge in [0.1, 0.15) is 5.82 Å². The Morgan fingerprint density at radius 2 is 1.92 bits per heavy atom. The van der Waals surface area contributed by atoms with Gasteiger partial charge in [-0.3, -0.25) is 0 Å². The van der Waals surface area contributed by atoms with Crippen LogP contribution in [-0.2, 0) is 0 Å². The van der Waals surface area contributed by atoms with Crippen molar-refractivity contribution < 1.29 is 17.6 Å². The minimum absolute atomic E-state index is 0.192. The number of hydrogen-bond acceptors (Lipinski definition) is 1. The SMILES string of the molecule is Fc1c[c]cc(SC(F)(F)F)c1. The first-order chi connectivity index (χ1) is 5.47. The van der Waals surface area contributed by atoms with E-state index in [2.05, 4.69) is 6.07 Å². The van der Waals surface area contributed by atoms with Crippen LogP contribution in [0.4, 0.5) is 17.6 Å². The van der Waals surface area contributed by atoms with E-state index >= 15 is 0 Å². The maximum atomic E-state index is 12.3. The van der Waals surface area contributed by atoms with Crippen molar-refractivity contribution in [3.63, 3.8) is 0 Å². The molecule has 0 saturated heterocycles. The Hall–Kier alpha value is -0.710. The number of thioether (sulfide) groups is 1. The highest BCUT2D eigenvalue weighted by atomic mass is 32.2. The first kappa shape index (κ1) is 9.38. The average Bonchev–Trinajstić information content (AvgIpc) is 1.82. The zero-order valence-corrected chi connectivity index (χ0v) is 6.47. The number of hydrogen-bond donors (Lipinski definition) is 0. The summed E-state index contributed by atoms with van der Waals surface area (Å²) in [4.78, 5) is -0.192. The van der Waals surface area contributed by atoms with Crippen LogP contribution < -0.4 is 0 Å². The Kier molecular flexibility index (Phi) is 2.62. The molecule has 0 aliphatic rings. The molecule has 12 heavy (non-hydrogen) atoms. The highest BCUT2D eigenvalue weighted by Crippen LogP contribution is 2.36. The molecule has 0 amide bonds. The third kappa shape index (κ3) is 3.13. The van der Waals surface area contributed by atoms with Gasteiger partial charge in [0.15, 0.2) is 0 Å². The van der Waals surface area contributed by atoms with Gasteiger partial charge < -0.3 is 0 Å². The van der Waals surface area contributed by atoms with Gasteiger partial charge in [0.05, 0.1) is 0 Å². The van der Waals surface area contributed by atoms with Crippen molar-refractivity contribution in [1.29, 1.82) is 0 Å². The van der Waals surface area contributed by atoms with Crippen LogP contribution in [-0.4, -0.2) is 5.51 Å². The van der Waals surface area contributed by atoms with Crippen molar-refractivity contribution in [1.82, 2.24) is 0 Å². The summed E-state index contributed by atoms with van der Waals surface area (Å²) in [6, 6.07) is 5.13. The summed E-state index contributed by atoms with van der Waals surface area (Å²) < 4.78 is 47.4. The number of alkyl halides is 3. The maximum Gasteiger partial charge on any atom is 0.446 e. The van der Waals surface area contributed by atoms with Crippen LogP contribution in [0.5, 0.6) is 0 Å². The molecule has 1 rings (SSSR count). The molecule has 0 unspecified atom stereocenters. The molecule has 1 aromatic carbocycles. The van der Waals surface area contributed by atoms with Crippen LogP contribution in [0.3, 0.4) is 0 Å². The molecule has 1 radical (unpaired) electrons. The minimum atomic E-state index is -4.37. The summed E-state index contributed by atoms with van der Waals surface area (Å²) in [5.41, 5.74) is -4.37. The summed E-state index contributed by atoms with van der Waals surface area (Å²) in [5.74, 6) is -0.718. The van der Waals surface area contributed by atoms with Crippen LogP contribution in [0.15, 0.2) is 23.1 Å². The zero-order chi connectivity index (χ0) is 9.19. The van der Waals surface area contributed by atoms with E-state index < -0.39 is 11.3 Å². The Labute approximate surface area is 70.6 Å². The molecule has 0 nitrogen and oxygen atoms in total. The summed E-state index contributed by atoms with van der Waals surface area (Å²) in [7, 11) is 0. The Bertz CT molecular complexity index is 268. The van der Waals surface area contributed by atoms with E-state index in [0.717, 1.165) is 18.2 Å². The van der Waals surface area contributed by atoms with E-state index in [0.29, 0.717) is 0 Å². The molecule has 0 bridgehead atoms. The minimum Gasteiger partial charge on any atom is -0.207 e. The first-order valence-corrected chi connectivity index (χ1v) is 3.71. The highest BCUT2D eigenvalue weighted by molar-refractivity contribution is 8.00. The van der Waals surface area contributed by atoms with E-state index in [-0.39, 0.29) is 16.7 Å². The van der Waals surface area contributed by atoms with E-state index in [1.165, 1.54) is 0 Å². The van der Waals surface area contributed by atoms with Gasteiger partial charge in [-0.1, -0.05) is 0 Å². The molecule has 0 spiro atoms. The molecule has 0 fully saturated rings. The van der Waals surface area contributed by atoms with E-state index in [9.17, 15) is 17.6 Å². The molecule has 0 aromatic heterocycles. The fraction of sp³-hybridized carbons (Fsp3) is 0.143. The molecule has 0 atom stereocenters. The van der Waals surface area contributed by atoms with Gasteiger partial charge in [0, 0.05) is 4.90 Å². The van der Waals surface area contributed by atoms with Gasteiger partial charge in [-0.05, 0) is 36.0 Å². The van der Waals surface area contributed by atoms with Gasteiger partial charge in [0.2, 0.25) is 0 Å². The van der Waals surface area contributed by atoms with Crippen molar-refractivity contribution in [2.45, 2.75) is 10.4 Å². The van der Waals surface area contributed by atoms with E-state index in [1.54, 1.807) is 0 Å². The fourth-order valence-corrected chi connectivity index (χ4v) is 1.18. The quantitative estimate of drug-likeness (QED) is 0.489. The lowest BCUT2D eigenvalue weighted by molar-refractivity contribution is -0.0328. The molecular weight excluding hydrogens is 192 g/mol. The third-order valence-electron chi connectivity index (χ3n) is 0.961. The lowest BCUT2D eigenvalue weighted by atomic mass is 10.4. The summed E-state index contributed by atoms with van der Waals surface area (Å²) in [5, 5.41) is 0. The van der Waals surface area contributed by atoms with E-state index in [4.69, 9.17) is 0 Å². The Morgan fingerprint density at radius 1 is 1.25 bits per heavy atom. The Morgan fingerprint density at radius 3 is 2.42 bits per heavy atom. The third-order valence-corrected chi connectivity index (χ3v) is 1.66. The highest BCUT2D eigenvalue weighted by Gasteiger charge is 2.29. The van der Waals surface area contributed by atoms with Crippen molar-refractivity contribution >= 4 is 11.8 Å². The Balaban J connectivity index is 2.77. The van der Waals surface area contributed by atoms with Crippen molar-refractivity contribution in [2.75, 3.05) is 0 Å². The maximum absolute atomic E-state index is 12.3. The van der Waals surface area contributed by atoms with Crippen LogP contribution in [0.25, 0.3) is 0 Å². The average molecular weight is 195 g/mol. The topological polar surface area (TPSA) is 0 Å². The van der Waals surface area contributed by atoms with Crippen molar-refractivity contribution in [2.24, 2.45) is 0 Å². The summed E-state index contributed by atoms with van der Waals surface area (Å²) in [6.45, 7) is 0. The smallest absolute Gasteiger partial charge is 0.207 e. The standard InChI is InChI=1S/C7H3F4S/c8-5-2-1-3-6(4-5)12-7(9,10)11/h2-4H. The number of rotatable bonds is 1. The molecule has 0 aliphatic carbocycles. The van der Waals surface area contributed by atoms with Gasteiger partial charge >= 0.3 is 5.51 Å². The summed E-state index contributed by atoms with van der Waals surface area (Å²) >= 11 is -0.356. The molecule has 0 N–H and O–H groups in total. The molecule has 0 aliphatic heterocycles. The van der Waals surface area contributed by atoms with Gasteiger partial charge in [-0.15, -0.1) is 0 Å². The molecule has 0 heterocycles. The monoisotopic (exact) mass is 195 g/mol. The summed E-state index contributed by atoms with van der Waals surface area (Å²) in [6.07, 6.45) is 0. The molecule has 0 saturated carbocycles. The number of halogens is 4. The van der Waals surface area contributed by atoms with Crippen molar-refractivity contribution in [3.05, 3.63) is 30.1 Å². The van der Waals surface area contributed by atoms with E-state index in [1.807, 2.05) is 0 Å². The lowest BCUT2D eigenvalue weighted by Crippen LogP contribution is -1.98. The second kappa shape index (κ2) is 3.35. The van der Waals surface area contributed by atoms with Crippen LogP contribution in [0.1, 0.15) is 0 Å². The van der Waals surface area contributed by atoms with Crippen LogP contribution >= 0.6 is 11.8 Å². The van der Waals surface area contributed by atoms with Gasteiger partial charge in [-0.2, -0.15) is 13.2 Å². The van der Waals surface area contributed by atoms with Crippen LogP contribution in [0, 0.1) is 11.9 Å². The van der Waals surface area contributed by atoms with Gasteiger partial charge in [-0.25, -0.2) is 4.39 Å². The second-order valence-electron chi connectivity index (χ2n) is 1.93. The first-order valence-electron chi connectivity index (χ1n) is 2.90. The predicted octanol–water partition coefficient (Wildman–Crippen LogP) is 3.24. The molecule has 1 aromatic rings. The largest absolute Gasteiger partial charge is 0.446 e. The molecule has 65 valence electrons. The number of benzene rings is 1. The second-order valence-corrected chi connectivity index (χ2v) is 3.07. The lowest BCUT2D eigenvalue weighted by Gasteiger charge is -2.04. The molecule has 5 heteroatoms. The molecular formula is C7H3F4S. The van der Waals surface area contributed by atoms with Gasteiger partial charge in [0.25, 0.3) is 0 Å². The van der Waals surface area contributed by atoms with Crippen molar-refractivity contribution in [3.8, 4) is 0 Å². The normalized spacial score (nSPS) is 11.7. The zero-order valence-electron chi connectivity index (χ0n) is 5.65. The predicted molar refractivity (Wildman–Crippen MR) is 37.1 cm³/mol. The fourth-order valence-electron chi connectivity index (χ4n) is 0.615. The van der Waals surface area contributed by atoms with Crippen LogP contribution in [0.2, 0.25) is 0 Å².